The summed E-state index contributed by atoms with van der Waals surface area (Å²) in [4.78, 5) is 20.8. The lowest BCUT2D eigenvalue weighted by molar-refractivity contribution is 0.259. The first-order chi connectivity index (χ1) is 12.8. The SMILES string of the molecule is CCNC(=NCCN1CCN(c2ncccn2)CC1)N1CCC(C)CC1.I. The number of hydrogen-bond donors (Lipinski definition) is 1. The number of nitrogens with one attached hydrogen (secondary N) is 1. The van der Waals surface area contributed by atoms with E-state index >= 15 is 0 Å². The standard InChI is InChI=1S/C19H33N7.HI/c1-3-20-18(25-10-5-17(2)6-11-25)23-9-12-24-13-15-26(16-14-24)19-21-7-4-8-22-19;/h4,7-8,17H,3,5-6,9-16H2,1-2H3,(H,20,23);1H. The van der Waals surface area contributed by atoms with Gasteiger partial charge in [-0.15, -0.1) is 24.0 Å². The number of nitrogens with zero attached hydrogens (tertiary/aromatic N) is 6. The number of hydrogen-bond acceptors (Lipinski definition) is 5. The Hall–Kier alpha value is -1.16. The van der Waals surface area contributed by atoms with Crippen LogP contribution in [0.4, 0.5) is 5.95 Å². The molecule has 0 amide bonds. The average molecular weight is 487 g/mol. The molecule has 152 valence electrons. The third-order valence-corrected chi connectivity index (χ3v) is 5.30. The molecular weight excluding hydrogens is 453 g/mol. The Labute approximate surface area is 180 Å². The maximum absolute atomic E-state index is 4.88. The largest absolute Gasteiger partial charge is 0.357 e. The van der Waals surface area contributed by atoms with Crippen molar-refractivity contribution < 1.29 is 0 Å². The van der Waals surface area contributed by atoms with E-state index in [0.717, 1.165) is 76.7 Å². The van der Waals surface area contributed by atoms with Gasteiger partial charge in [-0.05, 0) is 31.7 Å². The Morgan fingerprint density at radius 1 is 1.11 bits per heavy atom. The van der Waals surface area contributed by atoms with Crippen molar-refractivity contribution in [2.24, 2.45) is 10.9 Å². The van der Waals surface area contributed by atoms with Crippen LogP contribution in [0.15, 0.2) is 23.5 Å². The van der Waals surface area contributed by atoms with Crippen molar-refractivity contribution in [3.05, 3.63) is 18.5 Å². The monoisotopic (exact) mass is 487 g/mol. The fourth-order valence-corrected chi connectivity index (χ4v) is 3.57. The van der Waals surface area contributed by atoms with Crippen LogP contribution in [-0.4, -0.2) is 84.6 Å². The Morgan fingerprint density at radius 2 is 1.78 bits per heavy atom. The predicted molar refractivity (Wildman–Crippen MR) is 122 cm³/mol. The molecule has 2 saturated heterocycles. The molecule has 1 aromatic rings. The molecule has 0 radical (unpaired) electrons. The summed E-state index contributed by atoms with van der Waals surface area (Å²) < 4.78 is 0. The highest BCUT2D eigenvalue weighted by Crippen LogP contribution is 2.16. The molecule has 0 atom stereocenters. The molecule has 3 heterocycles. The van der Waals surface area contributed by atoms with Gasteiger partial charge in [-0.2, -0.15) is 0 Å². The fourth-order valence-electron chi connectivity index (χ4n) is 3.57. The topological polar surface area (TPSA) is 59.9 Å². The van der Waals surface area contributed by atoms with Crippen molar-refractivity contribution in [3.63, 3.8) is 0 Å². The second-order valence-corrected chi connectivity index (χ2v) is 7.28. The minimum Gasteiger partial charge on any atom is -0.357 e. The van der Waals surface area contributed by atoms with E-state index in [1.54, 1.807) is 0 Å². The Balaban J connectivity index is 0.00000261. The molecule has 0 aromatic carbocycles. The molecule has 0 bridgehead atoms. The van der Waals surface area contributed by atoms with Crippen molar-refractivity contribution in [3.8, 4) is 0 Å². The summed E-state index contributed by atoms with van der Waals surface area (Å²) in [7, 11) is 0. The van der Waals surface area contributed by atoms with Gasteiger partial charge in [0.25, 0.3) is 0 Å². The van der Waals surface area contributed by atoms with E-state index in [1.807, 2.05) is 18.5 Å². The lowest BCUT2D eigenvalue weighted by Gasteiger charge is -2.35. The number of aliphatic imine (C=N–C) groups is 1. The van der Waals surface area contributed by atoms with Crippen LogP contribution in [0.3, 0.4) is 0 Å². The molecule has 0 spiro atoms. The highest BCUT2D eigenvalue weighted by Gasteiger charge is 2.20. The average Bonchev–Trinajstić information content (AvgIpc) is 2.69. The van der Waals surface area contributed by atoms with Gasteiger partial charge in [0.2, 0.25) is 5.95 Å². The van der Waals surface area contributed by atoms with Crippen LogP contribution in [0.25, 0.3) is 0 Å². The van der Waals surface area contributed by atoms with Gasteiger partial charge in [0.05, 0.1) is 6.54 Å². The molecule has 27 heavy (non-hydrogen) atoms. The van der Waals surface area contributed by atoms with Crippen molar-refractivity contribution >= 4 is 35.9 Å². The second-order valence-electron chi connectivity index (χ2n) is 7.28. The van der Waals surface area contributed by atoms with Crippen LogP contribution in [0.1, 0.15) is 26.7 Å². The number of piperidine rings is 1. The number of aromatic nitrogens is 2. The van der Waals surface area contributed by atoms with E-state index in [1.165, 1.54) is 12.8 Å². The maximum atomic E-state index is 4.88. The van der Waals surface area contributed by atoms with Gasteiger partial charge in [-0.1, -0.05) is 6.92 Å². The normalized spacial score (nSPS) is 19.7. The van der Waals surface area contributed by atoms with Gasteiger partial charge in [0.1, 0.15) is 0 Å². The van der Waals surface area contributed by atoms with Gasteiger partial charge in [-0.3, -0.25) is 9.89 Å². The number of guanidine groups is 1. The van der Waals surface area contributed by atoms with Crippen molar-refractivity contribution in [1.82, 2.24) is 25.1 Å². The highest BCUT2D eigenvalue weighted by atomic mass is 127. The third kappa shape index (κ3) is 6.74. The van der Waals surface area contributed by atoms with E-state index in [4.69, 9.17) is 4.99 Å². The molecule has 0 saturated carbocycles. The lowest BCUT2D eigenvalue weighted by atomic mass is 10.00. The summed E-state index contributed by atoms with van der Waals surface area (Å²) in [5, 5.41) is 3.47. The zero-order valence-electron chi connectivity index (χ0n) is 16.7. The van der Waals surface area contributed by atoms with Gasteiger partial charge < -0.3 is 15.1 Å². The number of likely N-dealkylation sites (tertiary alicyclic amines) is 1. The molecule has 0 aliphatic carbocycles. The first-order valence-corrected chi connectivity index (χ1v) is 10.0. The zero-order chi connectivity index (χ0) is 18.2. The number of piperazine rings is 1. The number of anilines is 1. The zero-order valence-corrected chi connectivity index (χ0v) is 19.0. The molecule has 1 N–H and O–H groups in total. The van der Waals surface area contributed by atoms with Crippen LogP contribution in [0.2, 0.25) is 0 Å². The van der Waals surface area contributed by atoms with Crippen LogP contribution in [-0.2, 0) is 0 Å². The van der Waals surface area contributed by atoms with E-state index < -0.39 is 0 Å². The molecule has 1 aromatic heterocycles. The second kappa shape index (κ2) is 11.6. The minimum absolute atomic E-state index is 0. The van der Waals surface area contributed by atoms with Crippen LogP contribution in [0, 0.1) is 5.92 Å². The first kappa shape index (κ1) is 22.1. The quantitative estimate of drug-likeness (QED) is 0.389. The third-order valence-electron chi connectivity index (χ3n) is 5.30. The van der Waals surface area contributed by atoms with Crippen LogP contribution < -0.4 is 10.2 Å². The molecule has 8 heteroatoms. The molecule has 0 unspecified atom stereocenters. The lowest BCUT2D eigenvalue weighted by Crippen LogP contribution is -2.48. The summed E-state index contributed by atoms with van der Waals surface area (Å²) in [6, 6.07) is 1.86. The molecule has 2 aliphatic rings. The van der Waals surface area contributed by atoms with Crippen LogP contribution in [0.5, 0.6) is 0 Å². The van der Waals surface area contributed by atoms with Gasteiger partial charge in [-0.25, -0.2) is 9.97 Å². The molecular formula is C19H34IN7. The molecule has 7 nitrogen and oxygen atoms in total. The maximum Gasteiger partial charge on any atom is 0.225 e. The van der Waals surface area contributed by atoms with Crippen molar-refractivity contribution in [1.29, 1.82) is 0 Å². The summed E-state index contributed by atoms with van der Waals surface area (Å²) in [5.41, 5.74) is 0. The number of halogens is 1. The van der Waals surface area contributed by atoms with Crippen molar-refractivity contribution in [2.75, 3.05) is 63.8 Å². The summed E-state index contributed by atoms with van der Waals surface area (Å²) >= 11 is 0. The van der Waals surface area contributed by atoms with Crippen molar-refractivity contribution in [2.45, 2.75) is 26.7 Å². The van der Waals surface area contributed by atoms with Gasteiger partial charge in [0.15, 0.2) is 5.96 Å². The first-order valence-electron chi connectivity index (χ1n) is 10.0. The molecule has 3 rings (SSSR count). The summed E-state index contributed by atoms with van der Waals surface area (Å²) in [5.74, 6) is 2.79. The Kier molecular flexibility index (Phi) is 9.53. The summed E-state index contributed by atoms with van der Waals surface area (Å²) in [6.45, 7) is 13.6. The van der Waals surface area contributed by atoms with Gasteiger partial charge >= 0.3 is 0 Å². The summed E-state index contributed by atoms with van der Waals surface area (Å²) in [6.07, 6.45) is 6.17. The highest BCUT2D eigenvalue weighted by molar-refractivity contribution is 14.0. The van der Waals surface area contributed by atoms with E-state index in [-0.39, 0.29) is 24.0 Å². The molecule has 2 aliphatic heterocycles. The smallest absolute Gasteiger partial charge is 0.225 e. The Bertz CT molecular complexity index is 552. The Morgan fingerprint density at radius 3 is 2.41 bits per heavy atom. The number of rotatable bonds is 5. The fraction of sp³-hybridized carbons (Fsp3) is 0.737. The van der Waals surface area contributed by atoms with E-state index in [2.05, 4.69) is 43.8 Å². The molecule has 2 fully saturated rings. The van der Waals surface area contributed by atoms with Crippen LogP contribution >= 0.6 is 24.0 Å². The van der Waals surface area contributed by atoms with E-state index in [9.17, 15) is 0 Å². The van der Waals surface area contributed by atoms with E-state index in [0.29, 0.717) is 0 Å². The minimum atomic E-state index is 0. The van der Waals surface area contributed by atoms with Gasteiger partial charge in [0, 0.05) is 64.8 Å². The predicted octanol–water partition coefficient (Wildman–Crippen LogP) is 1.91.